The van der Waals surface area contributed by atoms with E-state index in [0.29, 0.717) is 27.7 Å². The van der Waals surface area contributed by atoms with E-state index in [-0.39, 0.29) is 17.8 Å². The molecule has 162 valence electrons. The van der Waals surface area contributed by atoms with Gasteiger partial charge in [-0.05, 0) is 54.3 Å². The number of hydrogen-bond acceptors (Lipinski definition) is 3. The minimum Gasteiger partial charge on any atom is -0.503 e. The number of amides is 1. The minimum absolute atomic E-state index is 0.0879. The van der Waals surface area contributed by atoms with E-state index in [9.17, 15) is 14.7 Å². The van der Waals surface area contributed by atoms with Crippen molar-refractivity contribution >= 4 is 40.6 Å². The van der Waals surface area contributed by atoms with Gasteiger partial charge in [-0.2, -0.15) is 0 Å². The van der Waals surface area contributed by atoms with Gasteiger partial charge in [0.1, 0.15) is 0 Å². The van der Waals surface area contributed by atoms with Crippen LogP contribution in [0, 0.1) is 6.92 Å². The number of ketones is 1. The van der Waals surface area contributed by atoms with Gasteiger partial charge < -0.3 is 5.11 Å². The number of halogens is 2. The number of rotatable bonds is 6. The number of carbonyl (C=O) groups excluding carboxylic acids is 2. The highest BCUT2D eigenvalue weighted by molar-refractivity contribution is 6.32. The van der Waals surface area contributed by atoms with Gasteiger partial charge in [-0.1, -0.05) is 71.7 Å². The first-order chi connectivity index (χ1) is 15.4. The number of nitrogens with zero attached hydrogens (tertiary/aromatic N) is 1. The Hall–Kier alpha value is -3.08. The molecule has 0 saturated carbocycles. The zero-order chi connectivity index (χ0) is 22.8. The maximum absolute atomic E-state index is 13.3. The molecule has 0 aliphatic carbocycles. The van der Waals surface area contributed by atoms with Crippen LogP contribution < -0.4 is 4.90 Å². The van der Waals surface area contributed by atoms with Crippen LogP contribution in [0.15, 0.2) is 84.1 Å². The summed E-state index contributed by atoms with van der Waals surface area (Å²) in [6.07, 6.45) is 0.678. The van der Waals surface area contributed by atoms with E-state index in [1.807, 2.05) is 37.3 Å². The standard InChI is InChI=1S/C26H21Cl2NO3/c1-16-7-13-20(15-21(16)28)29-24(18-9-11-19(27)12-10-18)23(25(31)26(29)32)22(30)14-8-17-5-3-2-4-6-17/h2-7,9-13,15,24,31H,8,14H2,1H3. The third-order valence-electron chi connectivity index (χ3n) is 5.61. The van der Waals surface area contributed by atoms with Crippen LogP contribution in [0.1, 0.15) is 29.2 Å². The third-order valence-corrected chi connectivity index (χ3v) is 6.27. The maximum atomic E-state index is 13.3. The van der Waals surface area contributed by atoms with Crippen molar-refractivity contribution in [1.29, 1.82) is 0 Å². The summed E-state index contributed by atoms with van der Waals surface area (Å²) in [6, 6.07) is 21.0. The molecule has 32 heavy (non-hydrogen) atoms. The van der Waals surface area contributed by atoms with Crippen molar-refractivity contribution < 1.29 is 14.7 Å². The molecule has 0 spiro atoms. The quantitative estimate of drug-likeness (QED) is 0.457. The molecule has 0 fully saturated rings. The monoisotopic (exact) mass is 465 g/mol. The lowest BCUT2D eigenvalue weighted by molar-refractivity contribution is -0.118. The maximum Gasteiger partial charge on any atom is 0.294 e. The molecule has 3 aromatic carbocycles. The van der Waals surface area contributed by atoms with E-state index in [1.165, 1.54) is 4.90 Å². The third kappa shape index (κ3) is 4.29. The minimum atomic E-state index is -0.776. The molecule has 3 aromatic rings. The summed E-state index contributed by atoms with van der Waals surface area (Å²) in [5, 5.41) is 11.8. The zero-order valence-electron chi connectivity index (χ0n) is 17.4. The Morgan fingerprint density at radius 1 is 1.00 bits per heavy atom. The van der Waals surface area contributed by atoms with E-state index in [2.05, 4.69) is 0 Å². The molecule has 1 atom stereocenters. The first-order valence-electron chi connectivity index (χ1n) is 10.2. The van der Waals surface area contributed by atoms with E-state index < -0.39 is 17.7 Å². The average molecular weight is 466 g/mol. The molecular formula is C26H21Cl2NO3. The van der Waals surface area contributed by atoms with Crippen molar-refractivity contribution in [3.8, 4) is 0 Å². The second-order valence-corrected chi connectivity index (χ2v) is 8.58. The fourth-order valence-corrected chi connectivity index (χ4v) is 4.19. The van der Waals surface area contributed by atoms with Gasteiger partial charge >= 0.3 is 0 Å². The molecular weight excluding hydrogens is 445 g/mol. The lowest BCUT2D eigenvalue weighted by Crippen LogP contribution is -2.31. The molecule has 1 unspecified atom stereocenters. The van der Waals surface area contributed by atoms with Crippen LogP contribution in [0.3, 0.4) is 0 Å². The van der Waals surface area contributed by atoms with Gasteiger partial charge in [0.15, 0.2) is 11.5 Å². The second-order valence-electron chi connectivity index (χ2n) is 7.73. The van der Waals surface area contributed by atoms with Crippen LogP contribution in [0.5, 0.6) is 0 Å². The fourth-order valence-electron chi connectivity index (χ4n) is 3.89. The molecule has 1 aliphatic heterocycles. The largest absolute Gasteiger partial charge is 0.503 e. The number of benzene rings is 3. The molecule has 1 heterocycles. The number of aliphatic hydroxyl groups excluding tert-OH is 1. The van der Waals surface area contributed by atoms with E-state index in [1.54, 1.807) is 42.5 Å². The normalized spacial score (nSPS) is 16.0. The van der Waals surface area contributed by atoms with Crippen LogP contribution >= 0.6 is 23.2 Å². The summed E-state index contributed by atoms with van der Waals surface area (Å²) >= 11 is 12.4. The number of anilines is 1. The van der Waals surface area contributed by atoms with Gasteiger partial charge in [-0.25, -0.2) is 0 Å². The van der Waals surface area contributed by atoms with E-state index >= 15 is 0 Å². The van der Waals surface area contributed by atoms with Crippen LogP contribution in [0.4, 0.5) is 5.69 Å². The fraction of sp³-hybridized carbons (Fsp3) is 0.154. The molecule has 1 N–H and O–H groups in total. The van der Waals surface area contributed by atoms with Gasteiger partial charge in [0, 0.05) is 22.2 Å². The van der Waals surface area contributed by atoms with Crippen molar-refractivity contribution in [2.24, 2.45) is 0 Å². The van der Waals surface area contributed by atoms with Gasteiger partial charge in [0.2, 0.25) is 0 Å². The Balaban J connectivity index is 1.74. The Morgan fingerprint density at radius 3 is 2.34 bits per heavy atom. The summed E-state index contributed by atoms with van der Waals surface area (Å²) in [5.41, 5.74) is 3.14. The summed E-state index contributed by atoms with van der Waals surface area (Å²) in [6.45, 7) is 1.86. The average Bonchev–Trinajstić information content (AvgIpc) is 3.06. The molecule has 1 amide bonds. The van der Waals surface area contributed by atoms with Crippen LogP contribution in [-0.4, -0.2) is 16.8 Å². The Bertz CT molecular complexity index is 1200. The predicted octanol–water partition coefficient (Wildman–Crippen LogP) is 6.40. The van der Waals surface area contributed by atoms with Gasteiger partial charge in [0.25, 0.3) is 5.91 Å². The molecule has 0 bridgehead atoms. The molecule has 1 aliphatic rings. The number of aliphatic hydroxyl groups is 1. The number of hydrogen-bond donors (Lipinski definition) is 1. The van der Waals surface area contributed by atoms with Gasteiger partial charge in [-0.15, -0.1) is 0 Å². The van der Waals surface area contributed by atoms with Crippen molar-refractivity contribution in [2.45, 2.75) is 25.8 Å². The highest BCUT2D eigenvalue weighted by Crippen LogP contribution is 2.42. The summed E-state index contributed by atoms with van der Waals surface area (Å²) in [7, 11) is 0. The molecule has 0 saturated heterocycles. The first-order valence-corrected chi connectivity index (χ1v) is 11.0. The van der Waals surface area contributed by atoms with Crippen molar-refractivity contribution in [3.05, 3.63) is 111 Å². The topological polar surface area (TPSA) is 57.6 Å². The highest BCUT2D eigenvalue weighted by atomic mass is 35.5. The molecule has 6 heteroatoms. The molecule has 4 rings (SSSR count). The summed E-state index contributed by atoms with van der Waals surface area (Å²) < 4.78 is 0. The highest BCUT2D eigenvalue weighted by Gasteiger charge is 2.44. The zero-order valence-corrected chi connectivity index (χ0v) is 18.9. The molecule has 0 aromatic heterocycles. The molecule has 4 nitrogen and oxygen atoms in total. The van der Waals surface area contributed by atoms with Crippen LogP contribution in [0.25, 0.3) is 0 Å². The Kier molecular flexibility index (Phi) is 6.35. The van der Waals surface area contributed by atoms with Gasteiger partial charge in [0.05, 0.1) is 11.6 Å². The Morgan fingerprint density at radius 2 is 1.69 bits per heavy atom. The van der Waals surface area contributed by atoms with Crippen LogP contribution in [0.2, 0.25) is 10.0 Å². The summed E-state index contributed by atoms with van der Waals surface area (Å²) in [5.74, 6) is -1.44. The summed E-state index contributed by atoms with van der Waals surface area (Å²) in [4.78, 5) is 27.8. The Labute approximate surface area is 196 Å². The lowest BCUT2D eigenvalue weighted by Gasteiger charge is -2.27. The van der Waals surface area contributed by atoms with Crippen molar-refractivity contribution in [1.82, 2.24) is 0 Å². The van der Waals surface area contributed by atoms with Crippen molar-refractivity contribution in [2.75, 3.05) is 4.90 Å². The molecule has 0 radical (unpaired) electrons. The van der Waals surface area contributed by atoms with Crippen LogP contribution in [-0.2, 0) is 16.0 Å². The van der Waals surface area contributed by atoms with Crippen molar-refractivity contribution in [3.63, 3.8) is 0 Å². The smallest absolute Gasteiger partial charge is 0.294 e. The first kappa shape index (κ1) is 22.1. The van der Waals surface area contributed by atoms with E-state index in [0.717, 1.165) is 11.1 Å². The SMILES string of the molecule is Cc1ccc(N2C(=O)C(O)=C(C(=O)CCc3ccccc3)C2c2ccc(Cl)cc2)cc1Cl. The lowest BCUT2D eigenvalue weighted by atomic mass is 9.93. The van der Waals surface area contributed by atoms with Gasteiger partial charge in [-0.3, -0.25) is 14.5 Å². The number of carbonyl (C=O) groups is 2. The van der Waals surface area contributed by atoms with E-state index in [4.69, 9.17) is 23.2 Å². The predicted molar refractivity (Wildman–Crippen MR) is 127 cm³/mol. The second kappa shape index (κ2) is 9.19. The number of Topliss-reactive ketones (excluding diaryl/α,β-unsaturated/α-hetero) is 1. The number of aryl methyl sites for hydroxylation is 2.